The van der Waals surface area contributed by atoms with Crippen molar-refractivity contribution in [2.24, 2.45) is 11.7 Å². The smallest absolute Gasteiger partial charge is 0.230 e. The second-order valence-corrected chi connectivity index (χ2v) is 8.31. The molecule has 5 nitrogen and oxygen atoms in total. The SMILES string of the molecule is NCc1ccc(N2CCC(C(=O)N3Cc4cccn4Cc4ccccc43)CC2)cc1. The highest BCUT2D eigenvalue weighted by Crippen LogP contribution is 2.32. The van der Waals surface area contributed by atoms with Crippen molar-refractivity contribution in [1.82, 2.24) is 4.57 Å². The summed E-state index contributed by atoms with van der Waals surface area (Å²) in [7, 11) is 0. The van der Waals surface area contributed by atoms with Crippen molar-refractivity contribution in [3.63, 3.8) is 0 Å². The van der Waals surface area contributed by atoms with Gasteiger partial charge >= 0.3 is 0 Å². The van der Waals surface area contributed by atoms with E-state index in [9.17, 15) is 4.79 Å². The van der Waals surface area contributed by atoms with Gasteiger partial charge in [-0.3, -0.25) is 4.79 Å². The Bertz CT molecular complexity index is 1030. The van der Waals surface area contributed by atoms with Crippen LogP contribution in [0.25, 0.3) is 0 Å². The molecule has 0 unspecified atom stereocenters. The van der Waals surface area contributed by atoms with Gasteiger partial charge in [-0.15, -0.1) is 0 Å². The van der Waals surface area contributed by atoms with Gasteiger partial charge in [-0.05, 0) is 54.3 Å². The zero-order valence-electron chi connectivity index (χ0n) is 17.2. The van der Waals surface area contributed by atoms with Crippen molar-refractivity contribution in [3.8, 4) is 0 Å². The molecule has 2 aliphatic heterocycles. The van der Waals surface area contributed by atoms with Crippen molar-refractivity contribution >= 4 is 17.3 Å². The summed E-state index contributed by atoms with van der Waals surface area (Å²) in [5, 5.41) is 0. The van der Waals surface area contributed by atoms with Crippen LogP contribution in [0.5, 0.6) is 0 Å². The Hall–Kier alpha value is -3.05. The van der Waals surface area contributed by atoms with E-state index in [4.69, 9.17) is 5.73 Å². The summed E-state index contributed by atoms with van der Waals surface area (Å²) in [6.45, 7) is 3.84. The first kappa shape index (κ1) is 18.9. The third-order valence-corrected chi connectivity index (χ3v) is 6.51. The molecular formula is C25H28N4O. The average molecular weight is 401 g/mol. The molecule has 5 heteroatoms. The summed E-state index contributed by atoms with van der Waals surface area (Å²) in [6.07, 6.45) is 3.88. The highest BCUT2D eigenvalue weighted by molar-refractivity contribution is 5.96. The largest absolute Gasteiger partial charge is 0.371 e. The molecule has 1 amide bonds. The number of rotatable bonds is 3. The van der Waals surface area contributed by atoms with Crippen LogP contribution in [0.15, 0.2) is 66.9 Å². The van der Waals surface area contributed by atoms with Gasteiger partial charge in [0.2, 0.25) is 5.91 Å². The topological polar surface area (TPSA) is 54.5 Å². The van der Waals surface area contributed by atoms with Gasteiger partial charge in [-0.25, -0.2) is 0 Å². The molecule has 5 rings (SSSR count). The highest BCUT2D eigenvalue weighted by Gasteiger charge is 2.31. The van der Waals surface area contributed by atoms with Gasteiger partial charge in [0.25, 0.3) is 0 Å². The summed E-state index contributed by atoms with van der Waals surface area (Å²) >= 11 is 0. The fourth-order valence-corrected chi connectivity index (χ4v) is 4.73. The molecule has 3 heterocycles. The van der Waals surface area contributed by atoms with Gasteiger partial charge in [0.15, 0.2) is 0 Å². The number of piperidine rings is 1. The summed E-state index contributed by atoms with van der Waals surface area (Å²) in [4.78, 5) is 18.0. The zero-order valence-corrected chi connectivity index (χ0v) is 17.2. The Morgan fingerprint density at radius 3 is 2.47 bits per heavy atom. The molecule has 30 heavy (non-hydrogen) atoms. The van der Waals surface area contributed by atoms with Crippen molar-refractivity contribution in [2.75, 3.05) is 22.9 Å². The number of aromatic nitrogens is 1. The number of amides is 1. The van der Waals surface area contributed by atoms with Crippen LogP contribution in [0.4, 0.5) is 11.4 Å². The average Bonchev–Trinajstić information content (AvgIpc) is 3.18. The molecule has 0 radical (unpaired) electrons. The van der Waals surface area contributed by atoms with Crippen molar-refractivity contribution in [1.29, 1.82) is 0 Å². The Kier molecular flexibility index (Phi) is 5.05. The molecule has 2 N–H and O–H groups in total. The number of nitrogens with two attached hydrogens (primary N) is 1. The van der Waals surface area contributed by atoms with Crippen LogP contribution in [0, 0.1) is 5.92 Å². The number of carbonyl (C=O) groups is 1. The van der Waals surface area contributed by atoms with Gasteiger partial charge in [0, 0.05) is 55.4 Å². The molecule has 0 saturated carbocycles. The highest BCUT2D eigenvalue weighted by atomic mass is 16.2. The van der Waals surface area contributed by atoms with E-state index < -0.39 is 0 Å². The number of para-hydroxylation sites is 1. The number of carbonyl (C=O) groups excluding carboxylic acids is 1. The number of anilines is 2. The lowest BCUT2D eigenvalue weighted by Crippen LogP contribution is -2.42. The van der Waals surface area contributed by atoms with E-state index in [0.29, 0.717) is 13.1 Å². The first-order valence-electron chi connectivity index (χ1n) is 10.8. The van der Waals surface area contributed by atoms with E-state index >= 15 is 0 Å². The number of benzene rings is 2. The normalized spacial score (nSPS) is 16.7. The van der Waals surface area contributed by atoms with E-state index in [-0.39, 0.29) is 11.8 Å². The zero-order chi connectivity index (χ0) is 20.5. The molecule has 0 bridgehead atoms. The predicted molar refractivity (Wildman–Crippen MR) is 120 cm³/mol. The standard InChI is InChI=1S/C25H28N4O/c26-16-19-7-9-22(10-8-19)27-14-11-20(12-15-27)25(30)29-18-23-5-3-13-28(23)17-21-4-1-2-6-24(21)29/h1-10,13,20H,11-12,14-18,26H2. The van der Waals surface area contributed by atoms with Crippen LogP contribution in [0.2, 0.25) is 0 Å². The van der Waals surface area contributed by atoms with Gasteiger partial charge in [-0.1, -0.05) is 30.3 Å². The summed E-state index contributed by atoms with van der Waals surface area (Å²) < 4.78 is 2.25. The van der Waals surface area contributed by atoms with Gasteiger partial charge in [-0.2, -0.15) is 0 Å². The fraction of sp³-hybridized carbons (Fsp3) is 0.320. The Balaban J connectivity index is 1.32. The van der Waals surface area contributed by atoms with Crippen LogP contribution < -0.4 is 15.5 Å². The quantitative estimate of drug-likeness (QED) is 0.728. The molecule has 1 aromatic heterocycles. The molecular weight excluding hydrogens is 372 g/mol. The minimum Gasteiger partial charge on any atom is -0.371 e. The van der Waals surface area contributed by atoms with E-state index in [2.05, 4.69) is 70.3 Å². The summed E-state index contributed by atoms with van der Waals surface area (Å²) in [6, 6.07) is 21.0. The lowest BCUT2D eigenvalue weighted by molar-refractivity contribution is -0.123. The maximum atomic E-state index is 13.6. The van der Waals surface area contributed by atoms with E-state index in [0.717, 1.165) is 43.7 Å². The van der Waals surface area contributed by atoms with Crippen LogP contribution in [0.3, 0.4) is 0 Å². The van der Waals surface area contributed by atoms with Crippen LogP contribution in [-0.2, 0) is 24.4 Å². The van der Waals surface area contributed by atoms with E-state index in [1.54, 1.807) is 0 Å². The first-order chi connectivity index (χ1) is 14.7. The number of nitrogens with zero attached hydrogens (tertiary/aromatic N) is 3. The second-order valence-electron chi connectivity index (χ2n) is 8.31. The Morgan fingerprint density at radius 1 is 0.933 bits per heavy atom. The van der Waals surface area contributed by atoms with Crippen LogP contribution >= 0.6 is 0 Å². The molecule has 3 aromatic rings. The summed E-state index contributed by atoms with van der Waals surface area (Å²) in [5.41, 5.74) is 11.5. The minimum atomic E-state index is 0.0686. The van der Waals surface area contributed by atoms with Gasteiger partial charge in [0.1, 0.15) is 0 Å². The third-order valence-electron chi connectivity index (χ3n) is 6.51. The second kappa shape index (κ2) is 8.00. The lowest BCUT2D eigenvalue weighted by atomic mass is 9.94. The molecule has 0 spiro atoms. The molecule has 1 saturated heterocycles. The first-order valence-corrected chi connectivity index (χ1v) is 10.8. The molecule has 2 aromatic carbocycles. The number of fused-ring (bicyclic) bond motifs is 2. The third kappa shape index (κ3) is 3.50. The van der Waals surface area contributed by atoms with Crippen LogP contribution in [-0.4, -0.2) is 23.6 Å². The molecule has 154 valence electrons. The lowest BCUT2D eigenvalue weighted by Gasteiger charge is -2.35. The van der Waals surface area contributed by atoms with Crippen molar-refractivity contribution in [2.45, 2.75) is 32.5 Å². The molecule has 0 aliphatic carbocycles. The monoisotopic (exact) mass is 400 g/mol. The van der Waals surface area contributed by atoms with E-state index in [1.807, 2.05) is 11.0 Å². The Labute approximate surface area is 177 Å². The maximum Gasteiger partial charge on any atom is 0.230 e. The van der Waals surface area contributed by atoms with Crippen molar-refractivity contribution < 1.29 is 4.79 Å². The molecule has 2 aliphatic rings. The number of hydrogen-bond acceptors (Lipinski definition) is 3. The maximum absolute atomic E-state index is 13.6. The van der Waals surface area contributed by atoms with E-state index in [1.165, 1.54) is 16.9 Å². The predicted octanol–water partition coefficient (Wildman–Crippen LogP) is 3.76. The fourth-order valence-electron chi connectivity index (χ4n) is 4.73. The van der Waals surface area contributed by atoms with Gasteiger partial charge in [0.05, 0.1) is 6.54 Å². The van der Waals surface area contributed by atoms with Crippen LogP contribution in [0.1, 0.15) is 29.7 Å². The van der Waals surface area contributed by atoms with Crippen molar-refractivity contribution in [3.05, 3.63) is 83.7 Å². The Morgan fingerprint density at radius 2 is 1.70 bits per heavy atom. The molecule has 0 atom stereocenters. The molecule has 1 fully saturated rings. The summed E-state index contributed by atoms with van der Waals surface area (Å²) in [5.74, 6) is 0.328. The van der Waals surface area contributed by atoms with Gasteiger partial charge < -0.3 is 20.1 Å². The minimum absolute atomic E-state index is 0.0686. The number of hydrogen-bond donors (Lipinski definition) is 1.